The molecule has 0 atom stereocenters. The van der Waals surface area contributed by atoms with Crippen LogP contribution < -0.4 is 15.8 Å². The lowest BCUT2D eigenvalue weighted by atomic mass is 10.2. The van der Waals surface area contributed by atoms with E-state index in [0.29, 0.717) is 55.7 Å². The lowest BCUT2D eigenvalue weighted by molar-refractivity contribution is 0.142. The summed E-state index contributed by atoms with van der Waals surface area (Å²) in [5.41, 5.74) is 1.76. The van der Waals surface area contributed by atoms with Crippen LogP contribution in [0.2, 0.25) is 0 Å². The zero-order valence-corrected chi connectivity index (χ0v) is 15.4. The molecule has 10 heteroatoms. The molecular formula is C18H21N7O3. The van der Waals surface area contributed by atoms with Crippen molar-refractivity contribution in [2.45, 2.75) is 13.3 Å². The van der Waals surface area contributed by atoms with Crippen molar-refractivity contribution in [3.63, 3.8) is 0 Å². The van der Waals surface area contributed by atoms with Crippen LogP contribution in [0, 0.1) is 0 Å². The van der Waals surface area contributed by atoms with Crippen molar-refractivity contribution in [3.05, 3.63) is 46.4 Å². The summed E-state index contributed by atoms with van der Waals surface area (Å²) in [7, 11) is 0. The number of carboxylic acid groups (broad SMARTS) is 1. The van der Waals surface area contributed by atoms with Crippen molar-refractivity contribution in [2.24, 2.45) is 0 Å². The maximum Gasteiger partial charge on any atom is 0.407 e. The van der Waals surface area contributed by atoms with Gasteiger partial charge in [0.2, 0.25) is 5.95 Å². The molecule has 10 nitrogen and oxygen atoms in total. The molecule has 0 saturated carbocycles. The number of aromatic amines is 1. The summed E-state index contributed by atoms with van der Waals surface area (Å²) in [4.78, 5) is 36.5. The Hall–Kier alpha value is -3.56. The topological polar surface area (TPSA) is 119 Å². The number of fused-ring (bicyclic) bond motifs is 1. The second-order valence-corrected chi connectivity index (χ2v) is 6.52. The molecule has 1 amide bonds. The highest BCUT2D eigenvalue weighted by Crippen LogP contribution is 2.19. The number of carbonyl (C=O) groups is 1. The molecule has 0 radical (unpaired) electrons. The smallest absolute Gasteiger partial charge is 0.407 e. The first-order chi connectivity index (χ1) is 13.6. The predicted molar refractivity (Wildman–Crippen MR) is 105 cm³/mol. The zero-order valence-electron chi connectivity index (χ0n) is 15.4. The lowest BCUT2D eigenvalue weighted by Crippen LogP contribution is -2.50. The third-order valence-electron chi connectivity index (χ3n) is 4.78. The van der Waals surface area contributed by atoms with Crippen LogP contribution in [0.4, 0.5) is 22.1 Å². The maximum absolute atomic E-state index is 13.1. The molecule has 0 unspecified atom stereocenters. The molecule has 0 aliphatic carbocycles. The van der Waals surface area contributed by atoms with E-state index in [1.807, 2.05) is 42.2 Å². The Bertz CT molecular complexity index is 1050. The number of aromatic nitrogens is 4. The number of aryl methyl sites for hydroxylation is 1. The Labute approximate surface area is 160 Å². The first-order valence-corrected chi connectivity index (χ1v) is 9.13. The minimum absolute atomic E-state index is 0.237. The second-order valence-electron chi connectivity index (χ2n) is 6.52. The number of hydrogen-bond donors (Lipinski definition) is 3. The van der Waals surface area contributed by atoms with Gasteiger partial charge in [-0.25, -0.2) is 9.78 Å². The lowest BCUT2D eigenvalue weighted by Gasteiger charge is -2.34. The van der Waals surface area contributed by atoms with Crippen LogP contribution in [-0.4, -0.2) is 61.9 Å². The number of anilines is 3. The van der Waals surface area contributed by atoms with Gasteiger partial charge in [0.25, 0.3) is 11.3 Å². The summed E-state index contributed by atoms with van der Waals surface area (Å²) in [5, 5.41) is 15.2. The highest BCUT2D eigenvalue weighted by atomic mass is 16.4. The molecule has 1 aromatic carbocycles. The Morgan fingerprint density at radius 2 is 1.89 bits per heavy atom. The van der Waals surface area contributed by atoms with Gasteiger partial charge < -0.3 is 20.2 Å². The van der Waals surface area contributed by atoms with Crippen LogP contribution in [0.5, 0.6) is 0 Å². The summed E-state index contributed by atoms with van der Waals surface area (Å²) >= 11 is 0. The number of para-hydroxylation sites is 1. The van der Waals surface area contributed by atoms with E-state index in [1.165, 1.54) is 9.42 Å². The Morgan fingerprint density at radius 3 is 2.54 bits per heavy atom. The van der Waals surface area contributed by atoms with Crippen LogP contribution in [0.15, 0.2) is 35.1 Å². The fraction of sp³-hybridized carbons (Fsp3) is 0.333. The SMILES string of the molecule is CCc1nc2nc(Nc3ccccc3)[nH]n2c(=O)c1N1CCN(C(=O)O)CC1. The van der Waals surface area contributed by atoms with E-state index in [-0.39, 0.29) is 5.56 Å². The van der Waals surface area contributed by atoms with E-state index < -0.39 is 6.09 Å². The van der Waals surface area contributed by atoms with Gasteiger partial charge in [-0.2, -0.15) is 9.50 Å². The van der Waals surface area contributed by atoms with Gasteiger partial charge in [0.05, 0.1) is 5.69 Å². The molecular weight excluding hydrogens is 362 g/mol. The number of rotatable bonds is 4. The van der Waals surface area contributed by atoms with Crippen molar-refractivity contribution in [2.75, 3.05) is 36.4 Å². The van der Waals surface area contributed by atoms with Gasteiger partial charge >= 0.3 is 6.09 Å². The van der Waals surface area contributed by atoms with Crippen molar-refractivity contribution in [1.82, 2.24) is 24.5 Å². The molecule has 146 valence electrons. The number of H-pyrrole nitrogens is 1. The number of piperazine rings is 1. The molecule has 1 aliphatic heterocycles. The summed E-state index contributed by atoms with van der Waals surface area (Å²) in [6, 6.07) is 9.52. The molecule has 0 bridgehead atoms. The van der Waals surface area contributed by atoms with Gasteiger partial charge in [0, 0.05) is 31.9 Å². The normalized spacial score (nSPS) is 14.5. The molecule has 1 fully saturated rings. The van der Waals surface area contributed by atoms with Crippen molar-refractivity contribution < 1.29 is 9.90 Å². The summed E-state index contributed by atoms with van der Waals surface area (Å²) < 4.78 is 1.32. The van der Waals surface area contributed by atoms with Crippen molar-refractivity contribution in [3.8, 4) is 0 Å². The second kappa shape index (κ2) is 7.22. The minimum Gasteiger partial charge on any atom is -0.465 e. The van der Waals surface area contributed by atoms with Crippen LogP contribution in [0.1, 0.15) is 12.6 Å². The number of hydrogen-bond acceptors (Lipinski definition) is 6. The fourth-order valence-electron chi connectivity index (χ4n) is 3.35. The molecule has 0 spiro atoms. The number of amides is 1. The molecule has 3 heterocycles. The average molecular weight is 383 g/mol. The molecule has 28 heavy (non-hydrogen) atoms. The van der Waals surface area contributed by atoms with Gasteiger partial charge in [0.15, 0.2) is 0 Å². The van der Waals surface area contributed by atoms with Gasteiger partial charge in [-0.3, -0.25) is 9.89 Å². The van der Waals surface area contributed by atoms with Crippen LogP contribution >= 0.6 is 0 Å². The van der Waals surface area contributed by atoms with E-state index in [0.717, 1.165) is 5.69 Å². The average Bonchev–Trinajstić information content (AvgIpc) is 3.11. The summed E-state index contributed by atoms with van der Waals surface area (Å²) in [6.07, 6.45) is -0.361. The monoisotopic (exact) mass is 383 g/mol. The largest absolute Gasteiger partial charge is 0.465 e. The Balaban J connectivity index is 1.68. The zero-order chi connectivity index (χ0) is 19.7. The van der Waals surface area contributed by atoms with Gasteiger partial charge in [0.1, 0.15) is 5.69 Å². The van der Waals surface area contributed by atoms with E-state index >= 15 is 0 Å². The molecule has 1 aliphatic rings. The molecule has 3 N–H and O–H groups in total. The summed E-state index contributed by atoms with van der Waals surface area (Å²) in [5.74, 6) is 0.721. The summed E-state index contributed by atoms with van der Waals surface area (Å²) in [6.45, 7) is 3.54. The predicted octanol–water partition coefficient (Wildman–Crippen LogP) is 1.52. The molecule has 2 aromatic heterocycles. The van der Waals surface area contributed by atoms with E-state index in [4.69, 9.17) is 5.11 Å². The third-order valence-corrected chi connectivity index (χ3v) is 4.78. The number of nitrogens with one attached hydrogen (secondary N) is 2. The van der Waals surface area contributed by atoms with E-state index in [2.05, 4.69) is 20.4 Å². The van der Waals surface area contributed by atoms with Gasteiger partial charge in [-0.15, -0.1) is 0 Å². The van der Waals surface area contributed by atoms with Crippen LogP contribution in [0.3, 0.4) is 0 Å². The van der Waals surface area contributed by atoms with E-state index in [1.54, 1.807) is 0 Å². The minimum atomic E-state index is -0.939. The standard InChI is InChI=1S/C18H21N7O3/c1-2-13-14(23-8-10-24(11-9-23)18(27)28)15(26)25-17(20-13)21-16(22-25)19-12-6-4-3-5-7-12/h3-7H,2,8-11H2,1H3,(H,27,28)(H2,19,20,21,22). The molecule has 1 saturated heterocycles. The maximum atomic E-state index is 13.1. The number of nitrogens with zero attached hydrogens (tertiary/aromatic N) is 5. The van der Waals surface area contributed by atoms with Gasteiger partial charge in [-0.1, -0.05) is 25.1 Å². The first kappa shape index (κ1) is 17.8. The van der Waals surface area contributed by atoms with Gasteiger partial charge in [-0.05, 0) is 18.6 Å². The Morgan fingerprint density at radius 1 is 1.18 bits per heavy atom. The van der Waals surface area contributed by atoms with Crippen LogP contribution in [-0.2, 0) is 6.42 Å². The van der Waals surface area contributed by atoms with Crippen molar-refractivity contribution in [1.29, 1.82) is 0 Å². The highest BCUT2D eigenvalue weighted by molar-refractivity contribution is 5.66. The van der Waals surface area contributed by atoms with Crippen LogP contribution in [0.25, 0.3) is 5.78 Å². The number of benzene rings is 1. The fourth-order valence-corrected chi connectivity index (χ4v) is 3.35. The third kappa shape index (κ3) is 3.24. The van der Waals surface area contributed by atoms with Crippen molar-refractivity contribution >= 4 is 29.2 Å². The molecule has 3 aromatic rings. The molecule has 4 rings (SSSR count). The Kier molecular flexibility index (Phi) is 4.60. The highest BCUT2D eigenvalue weighted by Gasteiger charge is 2.25. The van der Waals surface area contributed by atoms with E-state index in [9.17, 15) is 9.59 Å². The quantitative estimate of drug-likeness (QED) is 0.625. The first-order valence-electron chi connectivity index (χ1n) is 9.13.